The predicted molar refractivity (Wildman–Crippen MR) is 102 cm³/mol. The van der Waals surface area contributed by atoms with Crippen LogP contribution in [-0.2, 0) is 11.3 Å². The number of methoxy groups -OCH3 is 2. The molecule has 1 aliphatic heterocycles. The van der Waals surface area contributed by atoms with E-state index in [0.29, 0.717) is 30.2 Å². The molecule has 0 aromatic heterocycles. The maximum absolute atomic E-state index is 12.5. The lowest BCUT2D eigenvalue weighted by atomic mass is 10.1. The number of benzene rings is 2. The number of hydrogen-bond acceptors (Lipinski definition) is 5. The summed E-state index contributed by atoms with van der Waals surface area (Å²) in [5, 5.41) is 2.90. The first-order valence-corrected chi connectivity index (χ1v) is 9.04. The van der Waals surface area contributed by atoms with Crippen molar-refractivity contribution in [1.29, 1.82) is 0 Å². The van der Waals surface area contributed by atoms with E-state index < -0.39 is 0 Å². The maximum Gasteiger partial charge on any atom is 0.255 e. The van der Waals surface area contributed by atoms with E-state index >= 15 is 0 Å². The van der Waals surface area contributed by atoms with Gasteiger partial charge in [-0.2, -0.15) is 0 Å². The summed E-state index contributed by atoms with van der Waals surface area (Å²) in [5.41, 5.74) is 1.42. The third-order valence-corrected chi connectivity index (χ3v) is 4.48. The van der Waals surface area contributed by atoms with Crippen LogP contribution in [0, 0.1) is 0 Å². The first kappa shape index (κ1) is 19.0. The quantitative estimate of drug-likeness (QED) is 0.772. The smallest absolute Gasteiger partial charge is 0.255 e. The van der Waals surface area contributed by atoms with Crippen LogP contribution < -0.4 is 19.5 Å². The molecule has 6 heteroatoms. The van der Waals surface area contributed by atoms with Gasteiger partial charge >= 0.3 is 0 Å². The molecule has 0 bridgehead atoms. The number of para-hydroxylation sites is 1. The molecule has 0 aliphatic carbocycles. The van der Waals surface area contributed by atoms with Gasteiger partial charge in [-0.05, 0) is 42.7 Å². The van der Waals surface area contributed by atoms with Crippen LogP contribution in [-0.4, -0.2) is 39.4 Å². The Labute approximate surface area is 159 Å². The molecule has 1 amide bonds. The van der Waals surface area contributed by atoms with E-state index in [9.17, 15) is 4.79 Å². The van der Waals surface area contributed by atoms with Crippen molar-refractivity contribution in [3.8, 4) is 17.2 Å². The van der Waals surface area contributed by atoms with Gasteiger partial charge in [-0.1, -0.05) is 18.2 Å². The molecule has 1 saturated heterocycles. The highest BCUT2D eigenvalue weighted by molar-refractivity contribution is 5.97. The Bertz CT molecular complexity index is 754. The number of ether oxygens (including phenoxy) is 4. The second kappa shape index (κ2) is 9.28. The zero-order valence-electron chi connectivity index (χ0n) is 15.7. The van der Waals surface area contributed by atoms with Gasteiger partial charge in [-0.25, -0.2) is 0 Å². The minimum Gasteiger partial charge on any atom is -0.493 e. The minimum absolute atomic E-state index is 0.196. The molecule has 27 heavy (non-hydrogen) atoms. The van der Waals surface area contributed by atoms with Crippen molar-refractivity contribution in [2.24, 2.45) is 0 Å². The summed E-state index contributed by atoms with van der Waals surface area (Å²) in [7, 11) is 3.06. The first-order chi connectivity index (χ1) is 13.2. The SMILES string of the molecule is COc1cccc(C(=O)NCc2ccc(OCC3CCCO3)cc2)c1OC. The molecule has 1 aliphatic rings. The van der Waals surface area contributed by atoms with Crippen LogP contribution >= 0.6 is 0 Å². The highest BCUT2D eigenvalue weighted by Crippen LogP contribution is 2.30. The third-order valence-electron chi connectivity index (χ3n) is 4.48. The summed E-state index contributed by atoms with van der Waals surface area (Å²) in [4.78, 5) is 12.5. The van der Waals surface area contributed by atoms with E-state index in [4.69, 9.17) is 18.9 Å². The highest BCUT2D eigenvalue weighted by Gasteiger charge is 2.17. The molecule has 1 unspecified atom stereocenters. The summed E-state index contributed by atoms with van der Waals surface area (Å²) < 4.78 is 21.8. The summed E-state index contributed by atoms with van der Waals surface area (Å²) in [6.07, 6.45) is 2.35. The average molecular weight is 371 g/mol. The van der Waals surface area contributed by atoms with Crippen molar-refractivity contribution in [1.82, 2.24) is 5.32 Å². The Morgan fingerprint density at radius 3 is 2.63 bits per heavy atom. The summed E-state index contributed by atoms with van der Waals surface area (Å²) in [6, 6.07) is 12.9. The molecule has 2 aromatic rings. The largest absolute Gasteiger partial charge is 0.493 e. The maximum atomic E-state index is 12.5. The molecule has 0 saturated carbocycles. The van der Waals surface area contributed by atoms with E-state index in [2.05, 4.69) is 5.32 Å². The first-order valence-electron chi connectivity index (χ1n) is 9.04. The van der Waals surface area contributed by atoms with E-state index in [-0.39, 0.29) is 12.0 Å². The van der Waals surface area contributed by atoms with E-state index in [1.165, 1.54) is 7.11 Å². The second-order valence-corrected chi connectivity index (χ2v) is 6.31. The van der Waals surface area contributed by atoms with E-state index in [0.717, 1.165) is 30.8 Å². The van der Waals surface area contributed by atoms with Crippen LogP contribution in [0.3, 0.4) is 0 Å². The fourth-order valence-electron chi connectivity index (χ4n) is 3.01. The molecular formula is C21H25NO5. The minimum atomic E-state index is -0.218. The second-order valence-electron chi connectivity index (χ2n) is 6.31. The van der Waals surface area contributed by atoms with Crippen LogP contribution in [0.2, 0.25) is 0 Å². The number of rotatable bonds is 8. The number of carbonyl (C=O) groups excluding carboxylic acids is 1. The lowest BCUT2D eigenvalue weighted by Crippen LogP contribution is -2.23. The van der Waals surface area contributed by atoms with Crippen LogP contribution in [0.4, 0.5) is 0 Å². The molecule has 1 heterocycles. The van der Waals surface area contributed by atoms with Gasteiger partial charge in [0.1, 0.15) is 12.4 Å². The number of carbonyl (C=O) groups is 1. The Morgan fingerprint density at radius 2 is 1.96 bits per heavy atom. The number of hydrogen-bond donors (Lipinski definition) is 1. The van der Waals surface area contributed by atoms with Gasteiger partial charge < -0.3 is 24.3 Å². The van der Waals surface area contributed by atoms with Crippen LogP contribution in [0.25, 0.3) is 0 Å². The predicted octanol–water partition coefficient (Wildman–Crippen LogP) is 3.19. The molecular weight excluding hydrogens is 346 g/mol. The number of nitrogens with one attached hydrogen (secondary N) is 1. The van der Waals surface area contributed by atoms with E-state index in [1.807, 2.05) is 24.3 Å². The van der Waals surface area contributed by atoms with Crippen molar-refractivity contribution in [3.05, 3.63) is 53.6 Å². The molecule has 1 fully saturated rings. The normalized spacial score (nSPS) is 16.0. The lowest BCUT2D eigenvalue weighted by Gasteiger charge is -2.13. The van der Waals surface area contributed by atoms with Crippen molar-refractivity contribution in [3.63, 3.8) is 0 Å². The van der Waals surface area contributed by atoms with Crippen molar-refractivity contribution in [2.75, 3.05) is 27.4 Å². The Hall–Kier alpha value is -2.73. The van der Waals surface area contributed by atoms with E-state index in [1.54, 1.807) is 25.3 Å². The Kier molecular flexibility index (Phi) is 6.54. The van der Waals surface area contributed by atoms with Gasteiger partial charge in [-0.3, -0.25) is 4.79 Å². The topological polar surface area (TPSA) is 66.0 Å². The standard InChI is InChI=1S/C21H25NO5/c1-24-19-7-3-6-18(20(19)25-2)21(23)22-13-15-8-10-16(11-9-15)27-14-17-5-4-12-26-17/h3,6-11,17H,4-5,12-14H2,1-2H3,(H,22,23). The van der Waals surface area contributed by atoms with Gasteiger partial charge in [0, 0.05) is 13.2 Å². The van der Waals surface area contributed by atoms with Crippen LogP contribution in [0.15, 0.2) is 42.5 Å². The third kappa shape index (κ3) is 4.92. The van der Waals surface area contributed by atoms with Crippen LogP contribution in [0.1, 0.15) is 28.8 Å². The van der Waals surface area contributed by atoms with Crippen LogP contribution in [0.5, 0.6) is 17.2 Å². The highest BCUT2D eigenvalue weighted by atomic mass is 16.5. The molecule has 1 atom stereocenters. The Morgan fingerprint density at radius 1 is 1.15 bits per heavy atom. The van der Waals surface area contributed by atoms with Crippen molar-refractivity contribution in [2.45, 2.75) is 25.5 Å². The molecule has 2 aromatic carbocycles. The van der Waals surface area contributed by atoms with Gasteiger partial charge in [0.2, 0.25) is 0 Å². The fraction of sp³-hybridized carbons (Fsp3) is 0.381. The monoisotopic (exact) mass is 371 g/mol. The molecule has 0 spiro atoms. The summed E-state index contributed by atoms with van der Waals surface area (Å²) in [6.45, 7) is 1.81. The lowest BCUT2D eigenvalue weighted by molar-refractivity contribution is 0.0679. The van der Waals surface area contributed by atoms with Crippen molar-refractivity contribution >= 4 is 5.91 Å². The zero-order valence-corrected chi connectivity index (χ0v) is 15.7. The molecule has 6 nitrogen and oxygen atoms in total. The van der Waals surface area contributed by atoms with Gasteiger partial charge in [0.05, 0.1) is 25.9 Å². The van der Waals surface area contributed by atoms with Crippen molar-refractivity contribution < 1.29 is 23.7 Å². The Balaban J connectivity index is 1.54. The fourth-order valence-corrected chi connectivity index (χ4v) is 3.01. The summed E-state index contributed by atoms with van der Waals surface area (Å²) >= 11 is 0. The van der Waals surface area contributed by atoms with Gasteiger partial charge in [0.15, 0.2) is 11.5 Å². The molecule has 0 radical (unpaired) electrons. The molecule has 1 N–H and O–H groups in total. The average Bonchev–Trinajstić information content (AvgIpc) is 3.24. The molecule has 3 rings (SSSR count). The van der Waals surface area contributed by atoms with Gasteiger partial charge in [-0.15, -0.1) is 0 Å². The zero-order chi connectivity index (χ0) is 19.1. The summed E-state index contributed by atoms with van der Waals surface area (Å²) in [5.74, 6) is 1.53. The molecule has 144 valence electrons. The number of amides is 1. The van der Waals surface area contributed by atoms with Gasteiger partial charge in [0.25, 0.3) is 5.91 Å².